The first-order valence-corrected chi connectivity index (χ1v) is 8.73. The van der Waals surface area contributed by atoms with Crippen molar-refractivity contribution in [3.63, 3.8) is 0 Å². The summed E-state index contributed by atoms with van der Waals surface area (Å²) in [5, 5.41) is 4.01. The predicted molar refractivity (Wildman–Crippen MR) is 95.3 cm³/mol. The van der Waals surface area contributed by atoms with Crippen LogP contribution in [0.3, 0.4) is 0 Å². The smallest absolute Gasteiger partial charge is 0.224 e. The van der Waals surface area contributed by atoms with E-state index in [0.717, 1.165) is 27.8 Å². The summed E-state index contributed by atoms with van der Waals surface area (Å²) in [4.78, 5) is 12.3. The molecule has 6 heteroatoms. The summed E-state index contributed by atoms with van der Waals surface area (Å²) in [5.74, 6) is 0.764. The van der Waals surface area contributed by atoms with Crippen LogP contribution in [0.4, 0.5) is 0 Å². The average Bonchev–Trinajstić information content (AvgIpc) is 2.51. The van der Waals surface area contributed by atoms with E-state index in [9.17, 15) is 4.79 Å². The van der Waals surface area contributed by atoms with Gasteiger partial charge in [-0.25, -0.2) is 0 Å². The van der Waals surface area contributed by atoms with Crippen LogP contribution in [0.15, 0.2) is 40.9 Å². The number of carbonyl (C=O) groups excluding carboxylic acids is 1. The number of carbonyl (C=O) groups is 1. The predicted octanol–water partition coefficient (Wildman–Crippen LogP) is 4.94. The molecule has 1 aliphatic heterocycles. The molecular formula is C17H14BrCl2NO2. The van der Waals surface area contributed by atoms with E-state index >= 15 is 0 Å². The number of nitrogens with one attached hydrogen (secondary N) is 1. The number of hydrogen-bond acceptors (Lipinski definition) is 2. The zero-order valence-electron chi connectivity index (χ0n) is 12.1. The summed E-state index contributed by atoms with van der Waals surface area (Å²) >= 11 is 15.3. The molecule has 1 heterocycles. The molecule has 1 atom stereocenters. The molecule has 1 amide bonds. The summed E-state index contributed by atoms with van der Waals surface area (Å²) in [5.41, 5.74) is 1.83. The third kappa shape index (κ3) is 4.00. The van der Waals surface area contributed by atoms with Crippen LogP contribution in [0, 0.1) is 0 Å². The Kier molecular flexibility index (Phi) is 5.14. The lowest BCUT2D eigenvalue weighted by Crippen LogP contribution is -2.33. The minimum Gasteiger partial charge on any atom is -0.493 e. The normalized spacial score (nSPS) is 16.4. The lowest BCUT2D eigenvalue weighted by molar-refractivity contribution is -0.121. The molecule has 0 aromatic heterocycles. The molecule has 23 heavy (non-hydrogen) atoms. The molecule has 0 aliphatic carbocycles. The van der Waals surface area contributed by atoms with Crippen molar-refractivity contribution in [2.75, 3.05) is 6.61 Å². The van der Waals surface area contributed by atoms with Gasteiger partial charge in [-0.3, -0.25) is 4.79 Å². The van der Waals surface area contributed by atoms with E-state index < -0.39 is 0 Å². The fraction of sp³-hybridized carbons (Fsp3) is 0.235. The van der Waals surface area contributed by atoms with Gasteiger partial charge in [0.05, 0.1) is 29.1 Å². The molecule has 3 rings (SSSR count). The Morgan fingerprint density at radius 3 is 2.83 bits per heavy atom. The zero-order valence-corrected chi connectivity index (χ0v) is 15.2. The van der Waals surface area contributed by atoms with Crippen LogP contribution in [-0.2, 0) is 11.2 Å². The molecule has 0 saturated heterocycles. The quantitative estimate of drug-likeness (QED) is 0.772. The Hall–Kier alpha value is -1.23. The van der Waals surface area contributed by atoms with Gasteiger partial charge in [0.15, 0.2) is 0 Å². The van der Waals surface area contributed by atoms with Crippen LogP contribution in [0.1, 0.15) is 23.6 Å². The Morgan fingerprint density at radius 1 is 1.22 bits per heavy atom. The van der Waals surface area contributed by atoms with E-state index in [1.165, 1.54) is 0 Å². The summed E-state index contributed by atoms with van der Waals surface area (Å²) in [6.07, 6.45) is 1.01. The number of hydrogen-bond donors (Lipinski definition) is 1. The molecule has 0 saturated carbocycles. The second-order valence-corrected chi connectivity index (χ2v) is 7.09. The second kappa shape index (κ2) is 7.12. The lowest BCUT2D eigenvalue weighted by Gasteiger charge is -2.27. The van der Waals surface area contributed by atoms with Gasteiger partial charge in [-0.2, -0.15) is 0 Å². The van der Waals surface area contributed by atoms with E-state index in [0.29, 0.717) is 16.7 Å². The van der Waals surface area contributed by atoms with Crippen LogP contribution in [0.2, 0.25) is 10.0 Å². The average molecular weight is 415 g/mol. The molecule has 120 valence electrons. The van der Waals surface area contributed by atoms with Crippen molar-refractivity contribution in [3.05, 3.63) is 62.0 Å². The van der Waals surface area contributed by atoms with Gasteiger partial charge >= 0.3 is 0 Å². The molecule has 0 radical (unpaired) electrons. The molecule has 3 nitrogen and oxygen atoms in total. The number of halogens is 3. The van der Waals surface area contributed by atoms with Gasteiger partial charge in [0.1, 0.15) is 5.75 Å². The molecule has 1 unspecified atom stereocenters. The molecule has 0 bridgehead atoms. The molecule has 2 aromatic rings. The van der Waals surface area contributed by atoms with Crippen LogP contribution in [0.25, 0.3) is 0 Å². The van der Waals surface area contributed by atoms with Gasteiger partial charge in [-0.15, -0.1) is 0 Å². The van der Waals surface area contributed by atoms with Gasteiger partial charge in [0.25, 0.3) is 0 Å². The third-order valence-electron chi connectivity index (χ3n) is 3.70. The van der Waals surface area contributed by atoms with Crippen molar-refractivity contribution in [2.24, 2.45) is 0 Å². The fourth-order valence-corrected chi connectivity index (χ4v) is 3.30. The summed E-state index contributed by atoms with van der Waals surface area (Å²) in [7, 11) is 0. The van der Waals surface area contributed by atoms with Crippen molar-refractivity contribution in [2.45, 2.75) is 18.9 Å². The van der Waals surface area contributed by atoms with E-state index in [4.69, 9.17) is 27.9 Å². The Balaban J connectivity index is 1.71. The Morgan fingerprint density at radius 2 is 2.04 bits per heavy atom. The number of benzene rings is 2. The van der Waals surface area contributed by atoms with Gasteiger partial charge in [0.2, 0.25) is 5.91 Å². The van der Waals surface area contributed by atoms with Crippen LogP contribution in [-0.4, -0.2) is 12.5 Å². The van der Waals surface area contributed by atoms with Gasteiger partial charge in [-0.05, 0) is 35.9 Å². The Labute approximate surface area is 153 Å². The highest BCUT2D eigenvalue weighted by molar-refractivity contribution is 9.10. The first-order chi connectivity index (χ1) is 11.0. The van der Waals surface area contributed by atoms with Gasteiger partial charge in [0, 0.05) is 16.5 Å². The van der Waals surface area contributed by atoms with Crippen molar-refractivity contribution in [3.8, 4) is 5.75 Å². The SMILES string of the molecule is O=C(Cc1ccc(Cl)c(Cl)c1)NC1CCOc2ccc(Br)cc21. The van der Waals surface area contributed by atoms with Crippen molar-refractivity contribution in [1.82, 2.24) is 5.32 Å². The van der Waals surface area contributed by atoms with Crippen LogP contribution >= 0.6 is 39.1 Å². The highest BCUT2D eigenvalue weighted by Gasteiger charge is 2.23. The molecule has 0 spiro atoms. The number of ether oxygens (including phenoxy) is 1. The second-order valence-electron chi connectivity index (χ2n) is 5.36. The largest absolute Gasteiger partial charge is 0.493 e. The summed E-state index contributed by atoms with van der Waals surface area (Å²) < 4.78 is 6.60. The Bertz CT molecular complexity index is 751. The van der Waals surface area contributed by atoms with Crippen LogP contribution in [0.5, 0.6) is 5.75 Å². The van der Waals surface area contributed by atoms with Crippen molar-refractivity contribution < 1.29 is 9.53 Å². The molecular weight excluding hydrogens is 401 g/mol. The first kappa shape index (κ1) is 16.6. The molecule has 0 fully saturated rings. The fourth-order valence-electron chi connectivity index (χ4n) is 2.60. The van der Waals surface area contributed by atoms with Gasteiger partial charge in [-0.1, -0.05) is 45.2 Å². The maximum absolute atomic E-state index is 12.3. The van der Waals surface area contributed by atoms with Gasteiger partial charge < -0.3 is 10.1 Å². The minimum atomic E-state index is -0.0544. The van der Waals surface area contributed by atoms with Crippen LogP contribution < -0.4 is 10.1 Å². The summed E-state index contributed by atoms with van der Waals surface area (Å²) in [6.45, 7) is 0.590. The highest BCUT2D eigenvalue weighted by atomic mass is 79.9. The number of fused-ring (bicyclic) bond motifs is 1. The monoisotopic (exact) mass is 413 g/mol. The molecule has 2 aromatic carbocycles. The van der Waals surface area contributed by atoms with E-state index in [2.05, 4.69) is 21.2 Å². The van der Waals surface area contributed by atoms with E-state index in [-0.39, 0.29) is 18.4 Å². The third-order valence-corrected chi connectivity index (χ3v) is 4.93. The first-order valence-electron chi connectivity index (χ1n) is 7.18. The lowest BCUT2D eigenvalue weighted by atomic mass is 10.00. The number of amides is 1. The maximum atomic E-state index is 12.3. The highest BCUT2D eigenvalue weighted by Crippen LogP contribution is 2.34. The van der Waals surface area contributed by atoms with E-state index in [1.54, 1.807) is 12.1 Å². The molecule has 1 N–H and O–H groups in total. The topological polar surface area (TPSA) is 38.3 Å². The van der Waals surface area contributed by atoms with Crippen molar-refractivity contribution >= 4 is 45.0 Å². The van der Waals surface area contributed by atoms with Crippen molar-refractivity contribution in [1.29, 1.82) is 0 Å². The maximum Gasteiger partial charge on any atom is 0.224 e. The standard InChI is InChI=1S/C17H14BrCl2NO2/c18-11-2-4-16-12(9-11)15(5-6-23-16)21-17(22)8-10-1-3-13(19)14(20)7-10/h1-4,7,9,15H,5-6,8H2,(H,21,22). The minimum absolute atomic E-state index is 0.0495. The number of rotatable bonds is 3. The molecule has 1 aliphatic rings. The van der Waals surface area contributed by atoms with E-state index in [1.807, 2.05) is 24.3 Å². The summed E-state index contributed by atoms with van der Waals surface area (Å²) in [6, 6.07) is 11.0. The zero-order chi connectivity index (χ0) is 16.4.